The van der Waals surface area contributed by atoms with E-state index in [1.807, 2.05) is 0 Å². The average molecular weight is 481 g/mol. The Balaban J connectivity index is 1.35. The van der Waals surface area contributed by atoms with Crippen molar-refractivity contribution >= 4 is 5.97 Å². The lowest BCUT2D eigenvalue weighted by Gasteiger charge is -2.47. The minimum absolute atomic E-state index is 0.00537. The molecule has 0 bridgehead atoms. The summed E-state index contributed by atoms with van der Waals surface area (Å²) in [4.78, 5) is 13.8. The number of allylic oxidation sites excluding steroid dienone is 1. The first kappa shape index (κ1) is 25.0. The number of benzene rings is 1. The summed E-state index contributed by atoms with van der Waals surface area (Å²) in [6.07, 6.45) is 9.46. The van der Waals surface area contributed by atoms with Gasteiger partial charge in [0.05, 0.1) is 19.1 Å². The first-order chi connectivity index (χ1) is 16.6. The topological polar surface area (TPSA) is 44.8 Å². The van der Waals surface area contributed by atoms with Gasteiger partial charge in [0.15, 0.2) is 5.79 Å². The van der Waals surface area contributed by atoms with Crippen molar-refractivity contribution in [2.45, 2.75) is 96.9 Å². The van der Waals surface area contributed by atoms with Crippen LogP contribution in [0.25, 0.3) is 0 Å². The SMILES string of the molecule is C[C@@H]1CC[C@@H](C(C)(C)c2ccccc2)[C@H](OC(=O)[C@H]2CCC[C@@]3(C)C2=CC[C@@H]3C2(C)OCCO2)C1. The second-order valence-electron chi connectivity index (χ2n) is 12.6. The minimum Gasteiger partial charge on any atom is -0.462 e. The molecule has 2 saturated carbocycles. The molecule has 3 aliphatic carbocycles. The van der Waals surface area contributed by atoms with E-state index in [4.69, 9.17) is 14.2 Å². The molecule has 1 saturated heterocycles. The van der Waals surface area contributed by atoms with E-state index in [1.165, 1.54) is 17.6 Å². The fourth-order valence-electron chi connectivity index (χ4n) is 7.99. The summed E-state index contributed by atoms with van der Waals surface area (Å²) < 4.78 is 18.7. The first-order valence-electron chi connectivity index (χ1n) is 13.9. The Morgan fingerprint density at radius 3 is 2.49 bits per heavy atom. The van der Waals surface area contributed by atoms with Gasteiger partial charge >= 0.3 is 5.97 Å². The van der Waals surface area contributed by atoms with Gasteiger partial charge in [0.1, 0.15) is 6.10 Å². The molecule has 4 aliphatic rings. The molecule has 4 heteroatoms. The van der Waals surface area contributed by atoms with Gasteiger partial charge < -0.3 is 14.2 Å². The van der Waals surface area contributed by atoms with Gasteiger partial charge in [-0.25, -0.2) is 0 Å². The van der Waals surface area contributed by atoms with E-state index in [9.17, 15) is 4.79 Å². The van der Waals surface area contributed by atoms with Crippen LogP contribution in [-0.2, 0) is 24.4 Å². The van der Waals surface area contributed by atoms with E-state index in [-0.39, 0.29) is 34.7 Å². The van der Waals surface area contributed by atoms with Crippen molar-refractivity contribution < 1.29 is 19.0 Å². The fourth-order valence-corrected chi connectivity index (χ4v) is 7.99. The average Bonchev–Trinajstić information content (AvgIpc) is 3.43. The van der Waals surface area contributed by atoms with Crippen LogP contribution in [0, 0.1) is 29.1 Å². The van der Waals surface area contributed by atoms with Crippen LogP contribution < -0.4 is 0 Å². The molecule has 1 aromatic carbocycles. The molecule has 0 radical (unpaired) electrons. The van der Waals surface area contributed by atoms with E-state index in [1.54, 1.807) is 0 Å². The van der Waals surface area contributed by atoms with E-state index >= 15 is 0 Å². The highest BCUT2D eigenvalue weighted by Gasteiger charge is 2.57. The Kier molecular flexibility index (Phi) is 6.68. The van der Waals surface area contributed by atoms with Crippen molar-refractivity contribution in [1.82, 2.24) is 0 Å². The van der Waals surface area contributed by atoms with E-state index in [0.717, 1.165) is 38.5 Å². The second kappa shape index (κ2) is 9.34. The molecular formula is C31H44O4. The number of fused-ring (bicyclic) bond motifs is 1. The molecule has 0 unspecified atom stereocenters. The van der Waals surface area contributed by atoms with Crippen LogP contribution in [0.15, 0.2) is 42.0 Å². The standard InChI is InChI=1S/C31H44O4/c1-21-13-14-25(29(2,3)22-10-7-6-8-11-22)26(20-21)35-28(32)23-12-9-17-30(4)24(23)15-16-27(30)31(5)33-18-19-34-31/h6-8,10-11,15,21,23,25-27H,9,12-14,16-20H2,1-5H3/t21-,23+,25-,26-,27+,30+/m1/s1. The van der Waals surface area contributed by atoms with Gasteiger partial charge in [-0.05, 0) is 61.3 Å². The number of carbonyl (C=O) groups excluding carboxylic acids is 1. The zero-order chi connectivity index (χ0) is 24.8. The lowest BCUT2D eigenvalue weighted by atomic mass is 9.62. The number of carbonyl (C=O) groups is 1. The highest BCUT2D eigenvalue weighted by Crippen LogP contribution is 2.59. The molecule has 0 N–H and O–H groups in total. The molecule has 192 valence electrons. The van der Waals surface area contributed by atoms with Crippen LogP contribution in [0.5, 0.6) is 0 Å². The number of rotatable bonds is 5. The summed E-state index contributed by atoms with van der Waals surface area (Å²) in [6.45, 7) is 12.7. The molecule has 0 amide bonds. The molecule has 1 heterocycles. The third-order valence-corrected chi connectivity index (χ3v) is 10.1. The molecule has 6 atom stereocenters. The summed E-state index contributed by atoms with van der Waals surface area (Å²) in [5.74, 6) is 0.462. The van der Waals surface area contributed by atoms with E-state index in [0.29, 0.717) is 25.0 Å². The largest absolute Gasteiger partial charge is 0.462 e. The Morgan fingerprint density at radius 2 is 1.77 bits per heavy atom. The van der Waals surface area contributed by atoms with Crippen LogP contribution in [-0.4, -0.2) is 31.1 Å². The second-order valence-corrected chi connectivity index (χ2v) is 12.6. The van der Waals surface area contributed by atoms with Crippen LogP contribution in [0.4, 0.5) is 0 Å². The minimum atomic E-state index is -0.553. The van der Waals surface area contributed by atoms with Crippen molar-refractivity contribution in [3.63, 3.8) is 0 Å². The lowest BCUT2D eigenvalue weighted by molar-refractivity contribution is -0.203. The zero-order valence-electron chi connectivity index (χ0n) is 22.3. The third-order valence-electron chi connectivity index (χ3n) is 10.1. The van der Waals surface area contributed by atoms with Gasteiger partial charge in [-0.2, -0.15) is 0 Å². The van der Waals surface area contributed by atoms with Crippen LogP contribution in [0.3, 0.4) is 0 Å². The Labute approximate surface area is 211 Å². The maximum Gasteiger partial charge on any atom is 0.313 e. The summed E-state index contributed by atoms with van der Waals surface area (Å²) in [5.41, 5.74) is 2.50. The lowest BCUT2D eigenvalue weighted by Crippen LogP contribution is -2.48. The molecule has 0 aromatic heterocycles. The predicted molar refractivity (Wildman–Crippen MR) is 138 cm³/mol. The zero-order valence-corrected chi connectivity index (χ0v) is 22.3. The maximum absolute atomic E-state index is 13.8. The van der Waals surface area contributed by atoms with E-state index in [2.05, 4.69) is 71.0 Å². The maximum atomic E-state index is 13.8. The van der Waals surface area contributed by atoms with Crippen LogP contribution >= 0.6 is 0 Å². The van der Waals surface area contributed by atoms with Crippen LogP contribution in [0.2, 0.25) is 0 Å². The number of hydrogen-bond donors (Lipinski definition) is 0. The molecule has 0 spiro atoms. The Morgan fingerprint density at radius 1 is 1.06 bits per heavy atom. The monoisotopic (exact) mass is 480 g/mol. The van der Waals surface area contributed by atoms with Crippen LogP contribution in [0.1, 0.15) is 85.1 Å². The summed E-state index contributed by atoms with van der Waals surface area (Å²) in [5, 5.41) is 0. The van der Waals surface area contributed by atoms with Gasteiger partial charge in [0, 0.05) is 11.8 Å². The molecule has 35 heavy (non-hydrogen) atoms. The summed E-state index contributed by atoms with van der Waals surface area (Å²) in [6, 6.07) is 10.8. The van der Waals surface area contributed by atoms with Crippen molar-refractivity contribution in [3.05, 3.63) is 47.5 Å². The van der Waals surface area contributed by atoms with E-state index < -0.39 is 5.79 Å². The van der Waals surface area contributed by atoms with Gasteiger partial charge in [0.25, 0.3) is 0 Å². The molecule has 4 nitrogen and oxygen atoms in total. The molecule has 1 aliphatic heterocycles. The van der Waals surface area contributed by atoms with Gasteiger partial charge in [-0.15, -0.1) is 0 Å². The quantitative estimate of drug-likeness (QED) is 0.342. The predicted octanol–water partition coefficient (Wildman–Crippen LogP) is 6.83. The van der Waals surface area contributed by atoms with Crippen molar-refractivity contribution in [2.24, 2.45) is 29.1 Å². The number of hydrogen-bond acceptors (Lipinski definition) is 4. The number of ether oxygens (including phenoxy) is 3. The van der Waals surface area contributed by atoms with Gasteiger partial charge in [-0.1, -0.05) is 82.5 Å². The first-order valence-corrected chi connectivity index (χ1v) is 13.9. The van der Waals surface area contributed by atoms with Crippen molar-refractivity contribution in [1.29, 1.82) is 0 Å². The molecule has 3 fully saturated rings. The van der Waals surface area contributed by atoms with Gasteiger partial charge in [-0.3, -0.25) is 4.79 Å². The summed E-state index contributed by atoms with van der Waals surface area (Å²) >= 11 is 0. The summed E-state index contributed by atoms with van der Waals surface area (Å²) in [7, 11) is 0. The molecule has 5 rings (SSSR count). The fraction of sp³-hybridized carbons (Fsp3) is 0.710. The molecular weight excluding hydrogens is 436 g/mol. The highest BCUT2D eigenvalue weighted by atomic mass is 16.7. The molecule has 1 aromatic rings. The van der Waals surface area contributed by atoms with Gasteiger partial charge in [0.2, 0.25) is 0 Å². The Hall–Kier alpha value is -1.65. The van der Waals surface area contributed by atoms with Crippen molar-refractivity contribution in [2.75, 3.05) is 13.2 Å². The third kappa shape index (κ3) is 4.39. The highest BCUT2D eigenvalue weighted by molar-refractivity contribution is 5.77. The Bertz CT molecular complexity index is 944. The number of esters is 1. The normalized spacial score (nSPS) is 36.9. The van der Waals surface area contributed by atoms with Crippen molar-refractivity contribution in [3.8, 4) is 0 Å². The smallest absolute Gasteiger partial charge is 0.313 e.